The number of nitrogens with one attached hydrogen (secondary N) is 1. The summed E-state index contributed by atoms with van der Waals surface area (Å²) in [6.45, 7) is 1.96. The van der Waals surface area contributed by atoms with Crippen LogP contribution in [0, 0.1) is 0 Å². The van der Waals surface area contributed by atoms with E-state index in [2.05, 4.69) is 44.2 Å². The third-order valence-electron chi connectivity index (χ3n) is 4.90. The van der Waals surface area contributed by atoms with Gasteiger partial charge in [0, 0.05) is 18.3 Å². The number of piperidine rings is 1. The Morgan fingerprint density at radius 1 is 1.28 bits per heavy atom. The number of sulfonamides is 1. The molecule has 2 heterocycles. The normalized spacial score (nSPS) is 17.5. The fraction of sp³-hybridized carbons (Fsp3) is 0.526. The van der Waals surface area contributed by atoms with Gasteiger partial charge >= 0.3 is 0 Å². The highest BCUT2D eigenvalue weighted by molar-refractivity contribution is 7.88. The number of hydrogen-bond donors (Lipinski definition) is 2. The molecule has 29 heavy (non-hydrogen) atoms. The van der Waals surface area contributed by atoms with Crippen molar-refractivity contribution in [3.05, 3.63) is 36.2 Å². The van der Waals surface area contributed by atoms with Gasteiger partial charge in [0.05, 0.1) is 5.75 Å². The molecule has 2 aromatic rings. The van der Waals surface area contributed by atoms with Crippen molar-refractivity contribution in [3.8, 4) is 0 Å². The van der Waals surface area contributed by atoms with Crippen LogP contribution >= 0.6 is 0 Å². The van der Waals surface area contributed by atoms with Gasteiger partial charge in [-0.15, -0.1) is 0 Å². The van der Waals surface area contributed by atoms with E-state index < -0.39 is 10.0 Å². The molecule has 10 heteroatoms. The van der Waals surface area contributed by atoms with Crippen LogP contribution in [0.5, 0.6) is 0 Å². The molecular formula is C19H29N7O2S. The lowest BCUT2D eigenvalue weighted by Crippen LogP contribution is -2.42. The molecular weight excluding hydrogens is 390 g/mol. The Kier molecular flexibility index (Phi) is 6.99. The highest BCUT2D eigenvalue weighted by Gasteiger charge is 2.24. The molecule has 1 atom stereocenters. The molecule has 1 saturated heterocycles. The quantitative estimate of drug-likeness (QED) is 0.664. The van der Waals surface area contributed by atoms with Gasteiger partial charge in [-0.1, -0.05) is 12.1 Å². The largest absolute Gasteiger partial charge is 0.338 e. The first-order valence-corrected chi connectivity index (χ1v) is 11.5. The van der Waals surface area contributed by atoms with Crippen molar-refractivity contribution in [2.75, 3.05) is 37.4 Å². The molecule has 0 saturated carbocycles. The molecule has 9 nitrogen and oxygen atoms in total. The summed E-state index contributed by atoms with van der Waals surface area (Å²) in [6, 6.07) is 7.47. The lowest BCUT2D eigenvalue weighted by Gasteiger charge is -2.36. The lowest BCUT2D eigenvalue weighted by molar-refractivity contribution is 0.347. The van der Waals surface area contributed by atoms with Crippen molar-refractivity contribution in [2.24, 2.45) is 5.14 Å². The zero-order valence-corrected chi connectivity index (χ0v) is 17.8. The molecule has 0 spiro atoms. The van der Waals surface area contributed by atoms with Crippen molar-refractivity contribution in [3.63, 3.8) is 0 Å². The van der Waals surface area contributed by atoms with Gasteiger partial charge in [-0.3, -0.25) is 0 Å². The maximum Gasteiger partial charge on any atom is 0.231 e. The molecule has 0 amide bonds. The first-order valence-electron chi connectivity index (χ1n) is 9.77. The number of nitrogens with two attached hydrogens (primary N) is 1. The topological polar surface area (TPSA) is 117 Å². The van der Waals surface area contributed by atoms with Crippen molar-refractivity contribution in [2.45, 2.75) is 37.5 Å². The summed E-state index contributed by atoms with van der Waals surface area (Å²) in [5.74, 6) is 0.887. The Morgan fingerprint density at radius 3 is 2.86 bits per heavy atom. The van der Waals surface area contributed by atoms with Gasteiger partial charge in [-0.2, -0.15) is 4.98 Å². The minimum atomic E-state index is -3.59. The van der Waals surface area contributed by atoms with Gasteiger partial charge in [0.2, 0.25) is 21.9 Å². The van der Waals surface area contributed by atoms with E-state index in [9.17, 15) is 8.42 Å². The van der Waals surface area contributed by atoms with Crippen LogP contribution in [-0.4, -0.2) is 61.5 Å². The third kappa shape index (κ3) is 6.62. The smallest absolute Gasteiger partial charge is 0.231 e. The zero-order valence-electron chi connectivity index (χ0n) is 17.0. The number of primary sulfonamides is 1. The second-order valence-electron chi connectivity index (χ2n) is 7.68. The summed E-state index contributed by atoms with van der Waals surface area (Å²) >= 11 is 0. The number of anilines is 3. The van der Waals surface area contributed by atoms with Crippen LogP contribution in [0.3, 0.4) is 0 Å². The van der Waals surface area contributed by atoms with Crippen LogP contribution in [0.1, 0.15) is 31.2 Å². The van der Waals surface area contributed by atoms with Gasteiger partial charge in [0.1, 0.15) is 6.33 Å². The van der Waals surface area contributed by atoms with Crippen molar-refractivity contribution < 1.29 is 8.42 Å². The minimum Gasteiger partial charge on any atom is -0.338 e. The van der Waals surface area contributed by atoms with Crippen LogP contribution in [-0.2, 0) is 15.8 Å². The van der Waals surface area contributed by atoms with Crippen molar-refractivity contribution in [1.82, 2.24) is 19.9 Å². The molecule has 3 N–H and O–H groups in total. The molecule has 1 aliphatic heterocycles. The number of rotatable bonds is 8. The summed E-state index contributed by atoms with van der Waals surface area (Å²) < 4.78 is 22.7. The predicted octanol–water partition coefficient (Wildman–Crippen LogP) is 1.71. The maximum absolute atomic E-state index is 11.3. The SMILES string of the molecule is CN(C)CCC1CCCCN1c1ncnc(Nc2cccc(CS(N)(=O)=O)c2)n1. The number of nitrogens with zero attached hydrogens (tertiary/aromatic N) is 5. The predicted molar refractivity (Wildman–Crippen MR) is 115 cm³/mol. The molecule has 0 bridgehead atoms. The summed E-state index contributed by atoms with van der Waals surface area (Å²) in [4.78, 5) is 17.7. The van der Waals surface area contributed by atoms with E-state index in [0.29, 0.717) is 29.2 Å². The average Bonchev–Trinajstić information content (AvgIpc) is 2.66. The Labute approximate surface area is 172 Å². The van der Waals surface area contributed by atoms with Crippen LogP contribution in [0.2, 0.25) is 0 Å². The standard InChI is InChI=1S/C19H29N7O2S/c1-25(2)11-9-17-8-3-4-10-26(17)19-22-14-21-18(24-19)23-16-7-5-6-15(12-16)13-29(20,27)28/h5-7,12,14,17H,3-4,8-11,13H2,1-2H3,(H2,20,27,28)(H,21,22,23,24). The molecule has 1 unspecified atom stereocenters. The van der Waals surface area contributed by atoms with Crippen molar-refractivity contribution >= 4 is 27.6 Å². The van der Waals surface area contributed by atoms with E-state index >= 15 is 0 Å². The third-order valence-corrected chi connectivity index (χ3v) is 5.64. The average molecular weight is 420 g/mol. The second kappa shape index (κ2) is 9.47. The van der Waals surface area contributed by atoms with E-state index in [-0.39, 0.29) is 5.75 Å². The van der Waals surface area contributed by atoms with Gasteiger partial charge < -0.3 is 15.1 Å². The minimum absolute atomic E-state index is 0.216. The monoisotopic (exact) mass is 419 g/mol. The Hall–Kier alpha value is -2.30. The molecule has 1 aromatic heterocycles. The highest BCUT2D eigenvalue weighted by Crippen LogP contribution is 2.25. The van der Waals surface area contributed by atoms with E-state index in [1.807, 2.05) is 6.07 Å². The van der Waals surface area contributed by atoms with Gasteiger partial charge in [0.15, 0.2) is 0 Å². The molecule has 158 valence electrons. The highest BCUT2D eigenvalue weighted by atomic mass is 32.2. The summed E-state index contributed by atoms with van der Waals surface area (Å²) in [5, 5.41) is 8.28. The summed E-state index contributed by atoms with van der Waals surface area (Å²) in [7, 11) is 0.586. The molecule has 3 rings (SSSR count). The van der Waals surface area contributed by atoms with E-state index in [1.165, 1.54) is 12.7 Å². The Balaban J connectivity index is 1.74. The maximum atomic E-state index is 11.3. The molecule has 1 aliphatic rings. The number of aromatic nitrogens is 3. The van der Waals surface area contributed by atoms with Crippen LogP contribution in [0.25, 0.3) is 0 Å². The van der Waals surface area contributed by atoms with E-state index in [4.69, 9.17) is 5.14 Å². The second-order valence-corrected chi connectivity index (χ2v) is 9.29. The Morgan fingerprint density at radius 2 is 2.10 bits per heavy atom. The first kappa shape index (κ1) is 21.4. The van der Waals surface area contributed by atoms with Crippen LogP contribution < -0.4 is 15.4 Å². The molecule has 0 aliphatic carbocycles. The molecule has 0 radical (unpaired) electrons. The van der Waals surface area contributed by atoms with Crippen molar-refractivity contribution in [1.29, 1.82) is 0 Å². The fourth-order valence-electron chi connectivity index (χ4n) is 3.56. The van der Waals surface area contributed by atoms with E-state index in [0.717, 1.165) is 32.4 Å². The first-order chi connectivity index (χ1) is 13.8. The van der Waals surface area contributed by atoms with Gasteiger partial charge in [-0.25, -0.2) is 23.5 Å². The fourth-order valence-corrected chi connectivity index (χ4v) is 4.20. The zero-order chi connectivity index (χ0) is 20.9. The van der Waals surface area contributed by atoms with Gasteiger partial charge in [0.25, 0.3) is 0 Å². The van der Waals surface area contributed by atoms with Gasteiger partial charge in [-0.05, 0) is 64.0 Å². The summed E-state index contributed by atoms with van der Waals surface area (Å²) in [5.41, 5.74) is 1.30. The lowest BCUT2D eigenvalue weighted by atomic mass is 9.99. The number of benzene rings is 1. The summed E-state index contributed by atoms with van der Waals surface area (Å²) in [6.07, 6.45) is 6.07. The molecule has 1 fully saturated rings. The molecule has 1 aromatic carbocycles. The number of hydrogen-bond acceptors (Lipinski definition) is 8. The van der Waals surface area contributed by atoms with Crippen LogP contribution in [0.15, 0.2) is 30.6 Å². The van der Waals surface area contributed by atoms with E-state index in [1.54, 1.807) is 18.2 Å². The Bertz CT molecular complexity index is 920. The van der Waals surface area contributed by atoms with Crippen LogP contribution in [0.4, 0.5) is 17.6 Å².